The van der Waals surface area contributed by atoms with Crippen molar-refractivity contribution in [3.63, 3.8) is 0 Å². The molecular formula is C17H13N7OS2. The highest BCUT2D eigenvalue weighted by Crippen LogP contribution is 2.25. The molecule has 1 amide bonds. The Balaban J connectivity index is 1.50. The molecule has 0 unspecified atom stereocenters. The summed E-state index contributed by atoms with van der Waals surface area (Å²) in [5.74, 6) is 0.874. The number of amides is 1. The van der Waals surface area contributed by atoms with Crippen LogP contribution in [0.3, 0.4) is 0 Å². The number of anilines is 1. The number of thioether (sulfide) groups is 1. The first kappa shape index (κ1) is 17.3. The summed E-state index contributed by atoms with van der Waals surface area (Å²) < 4.78 is 2.37. The van der Waals surface area contributed by atoms with Crippen LogP contribution in [-0.4, -0.2) is 41.7 Å². The maximum Gasteiger partial charge on any atom is 0.250 e. The van der Waals surface area contributed by atoms with Gasteiger partial charge in [-0.15, -0.1) is 27.0 Å². The molecule has 4 aromatic rings. The lowest BCUT2D eigenvalue weighted by Crippen LogP contribution is -2.07. The Bertz CT molecular complexity index is 1160. The molecule has 1 N–H and O–H groups in total. The van der Waals surface area contributed by atoms with Crippen LogP contribution in [-0.2, 0) is 4.79 Å². The Kier molecular flexibility index (Phi) is 4.90. The number of hydrogen-bond acceptors (Lipinski definition) is 8. The molecule has 27 heavy (non-hydrogen) atoms. The largest absolute Gasteiger partial charge is 0.297 e. The predicted molar refractivity (Wildman–Crippen MR) is 107 cm³/mol. The minimum absolute atomic E-state index is 0.330. The minimum atomic E-state index is -0.330. The zero-order valence-electron chi connectivity index (χ0n) is 13.9. The average molecular weight is 395 g/mol. The third-order valence-electron chi connectivity index (χ3n) is 3.52. The number of nitrogens with zero attached hydrogens (tertiary/aromatic N) is 6. The van der Waals surface area contributed by atoms with Crippen molar-refractivity contribution in [2.45, 2.75) is 4.34 Å². The van der Waals surface area contributed by atoms with Crippen LogP contribution in [0.5, 0.6) is 0 Å². The smallest absolute Gasteiger partial charge is 0.250 e. The van der Waals surface area contributed by atoms with Crippen molar-refractivity contribution in [2.24, 2.45) is 0 Å². The Morgan fingerprint density at radius 1 is 1.26 bits per heavy atom. The second kappa shape index (κ2) is 7.64. The quantitative estimate of drug-likeness (QED) is 0.232. The highest BCUT2D eigenvalue weighted by Gasteiger charge is 2.09. The summed E-state index contributed by atoms with van der Waals surface area (Å²) in [7, 11) is 0. The van der Waals surface area contributed by atoms with E-state index in [-0.39, 0.29) is 5.91 Å². The third kappa shape index (κ3) is 3.71. The molecule has 3 heterocycles. The number of nitrogens with one attached hydrogen (secondary N) is 1. The molecule has 1 aromatic carbocycles. The molecule has 3 aromatic heterocycles. The normalized spacial score (nSPS) is 11.4. The van der Waals surface area contributed by atoms with Crippen LogP contribution in [0.15, 0.2) is 53.5 Å². The predicted octanol–water partition coefficient (Wildman–Crippen LogP) is 3.06. The zero-order valence-corrected chi connectivity index (χ0v) is 15.6. The fourth-order valence-electron chi connectivity index (χ4n) is 2.36. The molecule has 0 radical (unpaired) electrons. The number of benzene rings is 1. The van der Waals surface area contributed by atoms with Gasteiger partial charge < -0.3 is 0 Å². The SMILES string of the molecule is C=CCSc1nnc(NC(=O)C=Cc2nnc3c4ccccc4cnn23)s1. The van der Waals surface area contributed by atoms with Crippen LogP contribution in [0.4, 0.5) is 5.13 Å². The number of carbonyl (C=O) groups excluding carboxylic acids is 1. The Morgan fingerprint density at radius 2 is 2.15 bits per heavy atom. The number of carbonyl (C=O) groups is 1. The Labute approximate surface area is 162 Å². The average Bonchev–Trinajstić information content (AvgIpc) is 3.31. The van der Waals surface area contributed by atoms with Crippen molar-refractivity contribution >= 4 is 56.6 Å². The van der Waals surface area contributed by atoms with Gasteiger partial charge in [0.2, 0.25) is 11.0 Å². The standard InChI is InChI=1S/C17H13N7OS2/c1-2-9-26-17-23-22-16(27-17)19-14(25)8-7-13-20-21-15-12-6-4-3-5-11(12)10-18-24(13)15/h2-8,10H,1,9H2,(H,19,22,25). The van der Waals surface area contributed by atoms with Gasteiger partial charge in [-0.2, -0.15) is 9.61 Å². The summed E-state index contributed by atoms with van der Waals surface area (Å²) in [6, 6.07) is 7.79. The lowest BCUT2D eigenvalue weighted by Gasteiger charge is -1.98. The summed E-state index contributed by atoms with van der Waals surface area (Å²) in [5.41, 5.74) is 0.640. The summed E-state index contributed by atoms with van der Waals surface area (Å²) in [5, 5.41) is 25.6. The zero-order chi connectivity index (χ0) is 18.6. The molecule has 4 rings (SSSR count). The van der Waals surface area contributed by atoms with Crippen molar-refractivity contribution < 1.29 is 4.79 Å². The van der Waals surface area contributed by atoms with Gasteiger partial charge in [-0.3, -0.25) is 10.1 Å². The van der Waals surface area contributed by atoms with Crippen molar-refractivity contribution in [3.8, 4) is 0 Å². The van der Waals surface area contributed by atoms with Crippen molar-refractivity contribution in [2.75, 3.05) is 11.1 Å². The summed E-state index contributed by atoms with van der Waals surface area (Å²) in [6.07, 6.45) is 6.46. The van der Waals surface area contributed by atoms with E-state index in [1.54, 1.807) is 22.9 Å². The van der Waals surface area contributed by atoms with Gasteiger partial charge in [-0.05, 0) is 6.08 Å². The van der Waals surface area contributed by atoms with Gasteiger partial charge in [0, 0.05) is 22.6 Å². The first-order valence-corrected chi connectivity index (χ1v) is 9.70. The minimum Gasteiger partial charge on any atom is -0.297 e. The lowest BCUT2D eigenvalue weighted by atomic mass is 10.2. The second-order valence-corrected chi connectivity index (χ2v) is 7.57. The first-order valence-electron chi connectivity index (χ1n) is 7.90. The van der Waals surface area contributed by atoms with Gasteiger partial charge in [0.15, 0.2) is 15.8 Å². The van der Waals surface area contributed by atoms with Gasteiger partial charge >= 0.3 is 0 Å². The topological polar surface area (TPSA) is 98.0 Å². The van der Waals surface area contributed by atoms with E-state index in [1.807, 2.05) is 24.3 Å². The molecule has 0 bridgehead atoms. The lowest BCUT2D eigenvalue weighted by molar-refractivity contribution is -0.111. The van der Waals surface area contributed by atoms with E-state index in [4.69, 9.17) is 0 Å². The van der Waals surface area contributed by atoms with E-state index in [0.717, 1.165) is 20.9 Å². The van der Waals surface area contributed by atoms with Crippen LogP contribution in [0.1, 0.15) is 5.82 Å². The molecule has 0 aliphatic rings. The van der Waals surface area contributed by atoms with Crippen molar-refractivity contribution in [3.05, 3.63) is 55.0 Å². The van der Waals surface area contributed by atoms with E-state index < -0.39 is 0 Å². The molecule has 0 atom stereocenters. The maximum absolute atomic E-state index is 12.1. The van der Waals surface area contributed by atoms with Gasteiger partial charge in [0.05, 0.1) is 6.20 Å². The van der Waals surface area contributed by atoms with Crippen molar-refractivity contribution in [1.29, 1.82) is 0 Å². The van der Waals surface area contributed by atoms with Gasteiger partial charge in [0.25, 0.3) is 0 Å². The Morgan fingerprint density at radius 3 is 3.04 bits per heavy atom. The molecule has 0 spiro atoms. The van der Waals surface area contributed by atoms with E-state index in [2.05, 4.69) is 37.4 Å². The van der Waals surface area contributed by atoms with Crippen LogP contribution in [0.2, 0.25) is 0 Å². The molecule has 0 aliphatic carbocycles. The summed E-state index contributed by atoms with van der Waals surface area (Å²) in [4.78, 5) is 12.1. The van der Waals surface area contributed by atoms with Crippen LogP contribution >= 0.6 is 23.1 Å². The van der Waals surface area contributed by atoms with Gasteiger partial charge in [0.1, 0.15) is 0 Å². The number of rotatable bonds is 6. The molecule has 134 valence electrons. The molecule has 0 saturated heterocycles. The molecule has 0 saturated carbocycles. The van der Waals surface area contributed by atoms with Crippen LogP contribution in [0, 0.1) is 0 Å². The second-order valence-electron chi connectivity index (χ2n) is 5.32. The number of fused-ring (bicyclic) bond motifs is 3. The monoisotopic (exact) mass is 395 g/mol. The fraction of sp³-hybridized carbons (Fsp3) is 0.0588. The molecule has 8 nitrogen and oxygen atoms in total. The highest BCUT2D eigenvalue weighted by atomic mass is 32.2. The van der Waals surface area contributed by atoms with E-state index in [1.165, 1.54) is 29.2 Å². The summed E-state index contributed by atoms with van der Waals surface area (Å²) in [6.45, 7) is 3.66. The fourth-order valence-corrected chi connectivity index (χ4v) is 3.87. The van der Waals surface area contributed by atoms with Crippen molar-refractivity contribution in [1.82, 2.24) is 30.0 Å². The maximum atomic E-state index is 12.1. The number of aromatic nitrogens is 6. The Hall–Kier alpha value is -3.11. The molecule has 10 heteroatoms. The van der Waals surface area contributed by atoms with Gasteiger partial charge in [-0.1, -0.05) is 53.4 Å². The van der Waals surface area contributed by atoms with E-state index in [0.29, 0.717) is 16.6 Å². The molecular weight excluding hydrogens is 382 g/mol. The van der Waals surface area contributed by atoms with E-state index >= 15 is 0 Å². The highest BCUT2D eigenvalue weighted by molar-refractivity contribution is 8.01. The van der Waals surface area contributed by atoms with Crippen LogP contribution in [0.25, 0.3) is 22.5 Å². The molecule has 0 fully saturated rings. The van der Waals surface area contributed by atoms with E-state index in [9.17, 15) is 4.79 Å². The third-order valence-corrected chi connectivity index (χ3v) is 5.49. The van der Waals surface area contributed by atoms with Gasteiger partial charge in [-0.25, -0.2) is 0 Å². The molecule has 0 aliphatic heterocycles. The summed E-state index contributed by atoms with van der Waals surface area (Å²) >= 11 is 2.82. The first-order chi connectivity index (χ1) is 13.2. The number of hydrogen-bond donors (Lipinski definition) is 1. The van der Waals surface area contributed by atoms with Crippen LogP contribution < -0.4 is 5.32 Å².